The Morgan fingerprint density at radius 3 is 2.67 bits per heavy atom. The molecule has 0 bridgehead atoms. The monoisotopic (exact) mass is 396 g/mol. The van der Waals surface area contributed by atoms with Crippen LogP contribution in [0.25, 0.3) is 11.0 Å². The molecule has 0 unspecified atom stereocenters. The summed E-state index contributed by atoms with van der Waals surface area (Å²) in [5.41, 5.74) is 5.37. The Bertz CT molecular complexity index is 1180. The number of hydrogen-bond acceptors (Lipinski definition) is 3. The second-order valence-corrected chi connectivity index (χ2v) is 7.67. The lowest BCUT2D eigenvalue weighted by atomic mass is 10.1. The lowest BCUT2D eigenvalue weighted by Gasteiger charge is -2.30. The zero-order valence-electron chi connectivity index (χ0n) is 16.8. The minimum atomic E-state index is 0.0384. The van der Waals surface area contributed by atoms with E-state index in [9.17, 15) is 4.79 Å². The normalized spacial score (nSPS) is 13.3. The number of anilines is 2. The Morgan fingerprint density at radius 1 is 0.933 bits per heavy atom. The van der Waals surface area contributed by atoms with Gasteiger partial charge in [0.25, 0.3) is 0 Å². The number of imidazole rings is 1. The number of benzene rings is 3. The van der Waals surface area contributed by atoms with Crippen LogP contribution in [0.3, 0.4) is 0 Å². The van der Waals surface area contributed by atoms with E-state index in [1.807, 2.05) is 36.4 Å². The molecule has 5 rings (SSSR count). The van der Waals surface area contributed by atoms with Gasteiger partial charge >= 0.3 is 0 Å². The zero-order valence-corrected chi connectivity index (χ0v) is 16.8. The summed E-state index contributed by atoms with van der Waals surface area (Å²) in [5.74, 6) is 1.12. The minimum absolute atomic E-state index is 0.0384. The molecule has 1 N–H and O–H groups in total. The molecule has 1 aliphatic rings. The maximum Gasteiger partial charge on any atom is 0.224 e. The van der Waals surface area contributed by atoms with E-state index in [1.165, 1.54) is 11.1 Å². The van der Waals surface area contributed by atoms with Crippen LogP contribution in [-0.4, -0.2) is 22.0 Å². The zero-order chi connectivity index (χ0) is 20.3. The van der Waals surface area contributed by atoms with Crippen molar-refractivity contribution in [1.82, 2.24) is 9.55 Å². The molecule has 1 amide bonds. The molecule has 0 radical (unpaired) electrons. The molecule has 30 heavy (non-hydrogen) atoms. The van der Waals surface area contributed by atoms with Crippen LogP contribution in [0.4, 0.5) is 11.4 Å². The lowest BCUT2D eigenvalue weighted by molar-refractivity contribution is -0.116. The third-order valence-corrected chi connectivity index (χ3v) is 5.64. The number of aryl methyl sites for hydroxylation is 1. The van der Waals surface area contributed by atoms with Gasteiger partial charge in [-0.05, 0) is 42.3 Å². The molecule has 4 aromatic rings. The van der Waals surface area contributed by atoms with E-state index in [4.69, 9.17) is 4.98 Å². The van der Waals surface area contributed by atoms with Crippen LogP contribution >= 0.6 is 0 Å². The Labute approximate surface area is 176 Å². The number of amides is 1. The van der Waals surface area contributed by atoms with Crippen molar-refractivity contribution in [3.8, 4) is 0 Å². The quantitative estimate of drug-likeness (QED) is 0.535. The van der Waals surface area contributed by atoms with Crippen molar-refractivity contribution in [3.05, 3.63) is 90.3 Å². The number of carbonyl (C=O) groups excluding carboxylic acids is 1. The first kappa shape index (κ1) is 18.4. The van der Waals surface area contributed by atoms with Crippen molar-refractivity contribution in [2.45, 2.75) is 25.9 Å². The van der Waals surface area contributed by atoms with Crippen LogP contribution in [0.2, 0.25) is 0 Å². The molecule has 0 aliphatic carbocycles. The molecule has 2 heterocycles. The molecule has 3 aromatic carbocycles. The first-order chi connectivity index (χ1) is 14.8. The van der Waals surface area contributed by atoms with E-state index < -0.39 is 0 Å². The summed E-state index contributed by atoms with van der Waals surface area (Å²) >= 11 is 0. The molecule has 150 valence electrons. The molecule has 0 fully saturated rings. The van der Waals surface area contributed by atoms with Gasteiger partial charge in [-0.15, -0.1) is 0 Å². The lowest BCUT2D eigenvalue weighted by Crippen LogP contribution is -2.33. The highest BCUT2D eigenvalue weighted by molar-refractivity contribution is 5.91. The van der Waals surface area contributed by atoms with Crippen molar-refractivity contribution in [3.63, 3.8) is 0 Å². The van der Waals surface area contributed by atoms with Gasteiger partial charge in [0, 0.05) is 30.9 Å². The smallest absolute Gasteiger partial charge is 0.224 e. The average Bonchev–Trinajstić information content (AvgIpc) is 3.16. The third kappa shape index (κ3) is 3.79. The number of para-hydroxylation sites is 2. The van der Waals surface area contributed by atoms with Gasteiger partial charge in [-0.3, -0.25) is 4.79 Å². The number of carbonyl (C=O) groups is 1. The molecular formula is C25H24N4O. The van der Waals surface area contributed by atoms with E-state index >= 15 is 0 Å². The van der Waals surface area contributed by atoms with Crippen LogP contribution in [0.15, 0.2) is 78.9 Å². The van der Waals surface area contributed by atoms with Crippen LogP contribution in [0.1, 0.15) is 17.8 Å². The van der Waals surface area contributed by atoms with Crippen LogP contribution in [0, 0.1) is 0 Å². The second kappa shape index (κ2) is 8.03. The Hall–Kier alpha value is -3.60. The van der Waals surface area contributed by atoms with Crippen molar-refractivity contribution in [1.29, 1.82) is 0 Å². The van der Waals surface area contributed by atoms with E-state index in [1.54, 1.807) is 0 Å². The molecular weight excluding hydrogens is 372 g/mol. The fraction of sp³-hybridized carbons (Fsp3) is 0.200. The Balaban J connectivity index is 1.26. The Morgan fingerprint density at radius 2 is 1.77 bits per heavy atom. The topological polar surface area (TPSA) is 50.2 Å². The highest BCUT2D eigenvalue weighted by Crippen LogP contribution is 2.26. The van der Waals surface area contributed by atoms with Crippen molar-refractivity contribution in [2.24, 2.45) is 0 Å². The largest absolute Gasteiger partial charge is 0.362 e. The summed E-state index contributed by atoms with van der Waals surface area (Å²) in [6, 6.07) is 26.5. The summed E-state index contributed by atoms with van der Waals surface area (Å²) in [5, 5.41) is 3.05. The van der Waals surface area contributed by atoms with Gasteiger partial charge in [0.1, 0.15) is 5.82 Å². The fourth-order valence-electron chi connectivity index (χ4n) is 4.09. The molecule has 5 nitrogen and oxygen atoms in total. The number of fused-ring (bicyclic) bond motifs is 3. The summed E-state index contributed by atoms with van der Waals surface area (Å²) in [7, 11) is 0. The molecule has 5 heteroatoms. The van der Waals surface area contributed by atoms with Gasteiger partial charge < -0.3 is 14.8 Å². The molecule has 1 aliphatic heterocycles. The van der Waals surface area contributed by atoms with Gasteiger partial charge in [0.05, 0.1) is 17.6 Å². The molecule has 1 aromatic heterocycles. The number of nitrogens with zero attached hydrogens (tertiary/aromatic N) is 3. The van der Waals surface area contributed by atoms with Gasteiger partial charge in [-0.25, -0.2) is 4.98 Å². The van der Waals surface area contributed by atoms with Gasteiger partial charge in [-0.1, -0.05) is 48.5 Å². The first-order valence-corrected chi connectivity index (χ1v) is 10.4. The van der Waals surface area contributed by atoms with Crippen LogP contribution in [0.5, 0.6) is 0 Å². The number of nitrogens with one attached hydrogen (secondary N) is 1. The maximum absolute atomic E-state index is 12.4. The summed E-state index contributed by atoms with van der Waals surface area (Å²) < 4.78 is 2.31. The van der Waals surface area contributed by atoms with Gasteiger partial charge in [-0.2, -0.15) is 0 Å². The van der Waals surface area contributed by atoms with E-state index in [-0.39, 0.29) is 5.91 Å². The van der Waals surface area contributed by atoms with E-state index in [2.05, 4.69) is 57.2 Å². The van der Waals surface area contributed by atoms with Crippen molar-refractivity contribution in [2.75, 3.05) is 16.8 Å². The maximum atomic E-state index is 12.4. The summed E-state index contributed by atoms with van der Waals surface area (Å²) in [6.07, 6.45) is 1.22. The fourth-order valence-corrected chi connectivity index (χ4v) is 4.09. The first-order valence-electron chi connectivity index (χ1n) is 10.4. The minimum Gasteiger partial charge on any atom is -0.362 e. The predicted octanol–water partition coefficient (Wildman–Crippen LogP) is 4.63. The average molecular weight is 396 g/mol. The SMILES string of the molecule is O=C(CCc1ccccc1)Nc1cccc(N2CCn3c(nc4ccccc43)C2)c1. The molecule has 0 atom stereocenters. The Kier molecular flexibility index (Phi) is 4.93. The highest BCUT2D eigenvalue weighted by atomic mass is 16.1. The summed E-state index contributed by atoms with van der Waals surface area (Å²) in [6.45, 7) is 2.59. The molecule has 0 saturated carbocycles. The number of aromatic nitrogens is 2. The van der Waals surface area contributed by atoms with Crippen molar-refractivity contribution >= 4 is 28.3 Å². The van der Waals surface area contributed by atoms with Gasteiger partial charge in [0.2, 0.25) is 5.91 Å². The third-order valence-electron chi connectivity index (χ3n) is 5.64. The van der Waals surface area contributed by atoms with Crippen LogP contribution in [-0.2, 0) is 24.3 Å². The standard InChI is InChI=1S/C25H24N4O/c30-25(14-13-19-7-2-1-3-8-19)26-20-9-6-10-21(17-20)28-15-16-29-23-12-5-4-11-22(23)27-24(29)18-28/h1-12,17H,13-16,18H2,(H,26,30). The van der Waals surface area contributed by atoms with Crippen molar-refractivity contribution < 1.29 is 4.79 Å². The number of hydrogen-bond donors (Lipinski definition) is 1. The summed E-state index contributed by atoms with van der Waals surface area (Å²) in [4.78, 5) is 19.5. The molecule has 0 spiro atoms. The number of rotatable bonds is 5. The predicted molar refractivity (Wildman–Crippen MR) is 121 cm³/mol. The van der Waals surface area contributed by atoms with Crippen LogP contribution < -0.4 is 10.2 Å². The van der Waals surface area contributed by atoms with Gasteiger partial charge in [0.15, 0.2) is 0 Å². The highest BCUT2D eigenvalue weighted by Gasteiger charge is 2.20. The second-order valence-electron chi connectivity index (χ2n) is 7.67. The van der Waals surface area contributed by atoms with E-state index in [0.717, 1.165) is 48.8 Å². The van der Waals surface area contributed by atoms with E-state index in [0.29, 0.717) is 6.42 Å². The molecule has 0 saturated heterocycles.